The van der Waals surface area contributed by atoms with Crippen LogP contribution < -0.4 is 14.4 Å². The lowest BCUT2D eigenvalue weighted by molar-refractivity contribution is -0.384. The Morgan fingerprint density at radius 2 is 1.65 bits per heavy atom. The lowest BCUT2D eigenvalue weighted by atomic mass is 10.2. The van der Waals surface area contributed by atoms with Crippen molar-refractivity contribution in [1.82, 2.24) is 0 Å². The van der Waals surface area contributed by atoms with Crippen LogP contribution >= 0.6 is 0 Å². The molecule has 178 valence electrons. The number of anilines is 2. The number of nitro benzene ring substituents is 1. The van der Waals surface area contributed by atoms with Crippen molar-refractivity contribution in [2.24, 2.45) is 0 Å². The Bertz CT molecular complexity index is 1280. The van der Waals surface area contributed by atoms with Crippen molar-refractivity contribution < 1.29 is 36.0 Å². The van der Waals surface area contributed by atoms with Gasteiger partial charge in [0.25, 0.3) is 15.7 Å². The van der Waals surface area contributed by atoms with Crippen molar-refractivity contribution in [3.63, 3.8) is 0 Å². The van der Waals surface area contributed by atoms with Crippen LogP contribution in [-0.4, -0.2) is 32.2 Å². The Morgan fingerprint density at radius 3 is 2.24 bits per heavy atom. The summed E-state index contributed by atoms with van der Waals surface area (Å²) < 4.78 is 67.8. The van der Waals surface area contributed by atoms with Gasteiger partial charge in [0, 0.05) is 17.8 Å². The van der Waals surface area contributed by atoms with E-state index in [9.17, 15) is 36.5 Å². The van der Waals surface area contributed by atoms with Crippen LogP contribution in [0.4, 0.5) is 30.2 Å². The summed E-state index contributed by atoms with van der Waals surface area (Å²) >= 11 is 0. The molecule has 1 N–H and O–H groups in total. The van der Waals surface area contributed by atoms with Gasteiger partial charge in [0.15, 0.2) is 0 Å². The van der Waals surface area contributed by atoms with E-state index in [0.29, 0.717) is 4.31 Å². The number of alkyl halides is 3. The van der Waals surface area contributed by atoms with Crippen molar-refractivity contribution in [2.75, 3.05) is 16.2 Å². The van der Waals surface area contributed by atoms with Crippen molar-refractivity contribution in [3.8, 4) is 5.75 Å². The molecule has 0 spiro atoms. The van der Waals surface area contributed by atoms with Crippen LogP contribution in [0.5, 0.6) is 5.75 Å². The van der Waals surface area contributed by atoms with Gasteiger partial charge in [-0.3, -0.25) is 19.2 Å². The first kappa shape index (κ1) is 24.5. The number of sulfonamides is 1. The Balaban J connectivity index is 1.88. The smallest absolute Gasteiger partial charge is 0.406 e. The van der Waals surface area contributed by atoms with Crippen molar-refractivity contribution >= 4 is 33.0 Å². The van der Waals surface area contributed by atoms with Crippen molar-refractivity contribution in [1.29, 1.82) is 0 Å². The summed E-state index contributed by atoms with van der Waals surface area (Å²) in [6.45, 7) is -0.765. The number of non-ortho nitro benzene ring substituents is 1. The van der Waals surface area contributed by atoms with Crippen LogP contribution in [0.2, 0.25) is 0 Å². The summed E-state index contributed by atoms with van der Waals surface area (Å²) in [6, 6.07) is 16.1. The highest BCUT2D eigenvalue weighted by atomic mass is 32.2. The number of nitrogens with zero attached hydrogens (tertiary/aromatic N) is 2. The van der Waals surface area contributed by atoms with Crippen LogP contribution in [0.3, 0.4) is 0 Å². The molecular formula is C21H16F3N3O6S. The molecule has 0 radical (unpaired) electrons. The van der Waals surface area contributed by atoms with Gasteiger partial charge in [-0.1, -0.05) is 24.3 Å². The lowest BCUT2D eigenvalue weighted by Gasteiger charge is -2.24. The summed E-state index contributed by atoms with van der Waals surface area (Å²) in [6.07, 6.45) is -4.88. The molecule has 9 nitrogen and oxygen atoms in total. The first-order valence-corrected chi connectivity index (χ1v) is 10.9. The van der Waals surface area contributed by atoms with Gasteiger partial charge in [-0.05, 0) is 42.5 Å². The van der Waals surface area contributed by atoms with Crippen LogP contribution in [0.25, 0.3) is 0 Å². The average molecular weight is 495 g/mol. The lowest BCUT2D eigenvalue weighted by Crippen LogP contribution is -2.38. The highest BCUT2D eigenvalue weighted by Gasteiger charge is 2.31. The third-order valence-electron chi connectivity index (χ3n) is 4.32. The van der Waals surface area contributed by atoms with E-state index in [-0.39, 0.29) is 22.0 Å². The van der Waals surface area contributed by atoms with Crippen LogP contribution in [-0.2, 0) is 14.8 Å². The quantitative estimate of drug-likeness (QED) is 0.367. The molecule has 34 heavy (non-hydrogen) atoms. The first-order valence-electron chi connectivity index (χ1n) is 9.43. The predicted molar refractivity (Wildman–Crippen MR) is 116 cm³/mol. The molecule has 0 saturated heterocycles. The topological polar surface area (TPSA) is 119 Å². The zero-order valence-corrected chi connectivity index (χ0v) is 17.9. The summed E-state index contributed by atoms with van der Waals surface area (Å²) in [5.74, 6) is -1.34. The average Bonchev–Trinajstić information content (AvgIpc) is 2.78. The van der Waals surface area contributed by atoms with Crippen LogP contribution in [0.15, 0.2) is 83.8 Å². The van der Waals surface area contributed by atoms with Gasteiger partial charge in [0.2, 0.25) is 5.91 Å². The van der Waals surface area contributed by atoms with Gasteiger partial charge < -0.3 is 10.1 Å². The highest BCUT2D eigenvalue weighted by molar-refractivity contribution is 7.92. The molecule has 0 aliphatic rings. The standard InChI is InChI=1S/C21H16F3N3O6S/c22-21(23,24)33-18-11-9-15(10-12-18)25-20(28)14-26(16-5-4-6-17(13-16)27(29)30)34(31,32)19-7-2-1-3-8-19/h1-13H,14H2,(H,25,28). The number of halogens is 3. The Morgan fingerprint density at radius 1 is 1.00 bits per heavy atom. The molecular weight excluding hydrogens is 479 g/mol. The van der Waals surface area contributed by atoms with E-state index in [1.807, 2.05) is 0 Å². The highest BCUT2D eigenvalue weighted by Crippen LogP contribution is 2.27. The molecule has 3 aromatic rings. The van der Waals surface area contributed by atoms with E-state index in [0.717, 1.165) is 30.3 Å². The summed E-state index contributed by atoms with van der Waals surface area (Å²) in [5.41, 5.74) is -0.427. The normalized spacial score (nSPS) is 11.5. The first-order chi connectivity index (χ1) is 16.0. The van der Waals surface area contributed by atoms with Gasteiger partial charge in [-0.2, -0.15) is 0 Å². The van der Waals surface area contributed by atoms with E-state index in [1.54, 1.807) is 6.07 Å². The van der Waals surface area contributed by atoms with Gasteiger partial charge in [-0.25, -0.2) is 8.42 Å². The molecule has 0 aliphatic heterocycles. The molecule has 0 unspecified atom stereocenters. The maximum absolute atomic E-state index is 13.2. The number of carbonyl (C=O) groups excluding carboxylic acids is 1. The zero-order valence-electron chi connectivity index (χ0n) is 17.1. The number of benzene rings is 3. The minimum Gasteiger partial charge on any atom is -0.406 e. The number of ether oxygens (including phenoxy) is 1. The summed E-state index contributed by atoms with van der Waals surface area (Å²) in [4.78, 5) is 22.9. The molecule has 0 aliphatic carbocycles. The molecule has 13 heteroatoms. The molecule has 0 aromatic heterocycles. The predicted octanol–water partition coefficient (Wildman–Crippen LogP) is 4.33. The third kappa shape index (κ3) is 6.22. The second-order valence-electron chi connectivity index (χ2n) is 6.72. The van der Waals surface area contributed by atoms with Crippen LogP contribution in [0.1, 0.15) is 0 Å². The Kier molecular flexibility index (Phi) is 7.05. The van der Waals surface area contributed by atoms with E-state index in [1.165, 1.54) is 42.5 Å². The fourth-order valence-electron chi connectivity index (χ4n) is 2.87. The molecule has 0 heterocycles. The van der Waals surface area contributed by atoms with Gasteiger partial charge in [0.1, 0.15) is 12.3 Å². The van der Waals surface area contributed by atoms with Gasteiger partial charge in [0.05, 0.1) is 15.5 Å². The number of rotatable bonds is 8. The number of nitro groups is 1. The molecule has 1 amide bonds. The molecule has 3 rings (SSSR count). The Labute approximate surface area is 191 Å². The fraction of sp³-hybridized carbons (Fsp3) is 0.0952. The maximum atomic E-state index is 13.2. The minimum atomic E-state index is -4.88. The van der Waals surface area contributed by atoms with Crippen LogP contribution in [0, 0.1) is 10.1 Å². The van der Waals surface area contributed by atoms with Gasteiger partial charge >= 0.3 is 6.36 Å². The SMILES string of the molecule is O=C(CN(c1cccc([N+](=O)[O-])c1)S(=O)(=O)c1ccccc1)Nc1ccc(OC(F)(F)F)cc1. The maximum Gasteiger partial charge on any atom is 0.573 e. The molecule has 3 aromatic carbocycles. The van der Waals surface area contributed by atoms with Crippen molar-refractivity contribution in [2.45, 2.75) is 11.3 Å². The third-order valence-corrected chi connectivity index (χ3v) is 6.11. The number of nitrogens with one attached hydrogen (secondary N) is 1. The number of hydrogen-bond donors (Lipinski definition) is 1. The zero-order chi connectivity index (χ0) is 24.9. The second kappa shape index (κ2) is 9.79. The molecule has 0 atom stereocenters. The van der Waals surface area contributed by atoms with Crippen molar-refractivity contribution in [3.05, 3.63) is 89.0 Å². The van der Waals surface area contributed by atoms with E-state index in [2.05, 4.69) is 10.1 Å². The Hall–Kier alpha value is -4.13. The van der Waals surface area contributed by atoms with E-state index < -0.39 is 39.5 Å². The minimum absolute atomic E-state index is 0.0793. The number of amides is 1. The monoisotopic (exact) mass is 495 g/mol. The second-order valence-corrected chi connectivity index (χ2v) is 8.58. The van der Waals surface area contributed by atoms with E-state index in [4.69, 9.17) is 0 Å². The summed E-state index contributed by atoms with van der Waals surface area (Å²) in [5, 5.41) is 13.5. The largest absolute Gasteiger partial charge is 0.573 e. The number of hydrogen-bond acceptors (Lipinski definition) is 6. The fourth-order valence-corrected chi connectivity index (χ4v) is 4.30. The molecule has 0 fully saturated rings. The molecule has 0 saturated carbocycles. The summed E-state index contributed by atoms with van der Waals surface area (Å²) in [7, 11) is -4.31. The number of carbonyl (C=O) groups is 1. The molecule has 0 bridgehead atoms. The van der Waals surface area contributed by atoms with Gasteiger partial charge in [-0.15, -0.1) is 13.2 Å². The van der Waals surface area contributed by atoms with E-state index >= 15 is 0 Å².